The van der Waals surface area contributed by atoms with E-state index in [1.54, 1.807) is 6.92 Å². The molecule has 1 rings (SSSR count). The molecule has 172 valence electrons. The summed E-state index contributed by atoms with van der Waals surface area (Å²) in [6.45, 7) is 22.6. The molecule has 0 spiro atoms. The number of carbonyl (C=O) groups excluding carboxylic acids is 1. The summed E-state index contributed by atoms with van der Waals surface area (Å²) in [5.74, 6) is 0.316. The van der Waals surface area contributed by atoms with Crippen LogP contribution < -0.4 is 0 Å². The first-order chi connectivity index (χ1) is 13.9. The SMILES string of the molecule is C=C(CO[Si](C)(C)C(C)(C)C)C[C@@H](C)C[C@H]1O[C@@H]1/C=C/CC/C=C(\C)C(=O)OCC. The van der Waals surface area contributed by atoms with Gasteiger partial charge >= 0.3 is 5.97 Å². The molecule has 0 N–H and O–H groups in total. The van der Waals surface area contributed by atoms with Crippen LogP contribution in [0.2, 0.25) is 18.1 Å². The van der Waals surface area contributed by atoms with Gasteiger partial charge in [-0.05, 0) is 63.6 Å². The molecule has 0 unspecified atom stereocenters. The van der Waals surface area contributed by atoms with Crippen molar-refractivity contribution >= 4 is 14.3 Å². The number of esters is 1. The van der Waals surface area contributed by atoms with Crippen molar-refractivity contribution in [3.63, 3.8) is 0 Å². The Kier molecular flexibility index (Phi) is 10.8. The van der Waals surface area contributed by atoms with E-state index in [2.05, 4.69) is 59.5 Å². The summed E-state index contributed by atoms with van der Waals surface area (Å²) in [4.78, 5) is 11.5. The van der Waals surface area contributed by atoms with Crippen LogP contribution in [0.4, 0.5) is 0 Å². The molecule has 3 atom stereocenters. The molecular formula is C25H44O4Si. The number of epoxide rings is 1. The zero-order valence-corrected chi connectivity index (χ0v) is 21.5. The van der Waals surface area contributed by atoms with Gasteiger partial charge in [-0.3, -0.25) is 0 Å². The van der Waals surface area contributed by atoms with Crippen LogP contribution >= 0.6 is 0 Å². The van der Waals surface area contributed by atoms with Crippen molar-refractivity contribution < 1.29 is 18.7 Å². The predicted octanol–water partition coefficient (Wildman–Crippen LogP) is 6.59. The lowest BCUT2D eigenvalue weighted by Gasteiger charge is -2.36. The van der Waals surface area contributed by atoms with Crippen molar-refractivity contribution in [2.75, 3.05) is 13.2 Å². The first-order valence-electron chi connectivity index (χ1n) is 11.3. The predicted molar refractivity (Wildman–Crippen MR) is 128 cm³/mol. The molecule has 1 saturated heterocycles. The van der Waals surface area contributed by atoms with E-state index in [0.717, 1.165) is 25.7 Å². The second kappa shape index (κ2) is 12.0. The largest absolute Gasteiger partial charge is 0.463 e. The van der Waals surface area contributed by atoms with Gasteiger partial charge in [-0.25, -0.2) is 4.79 Å². The van der Waals surface area contributed by atoms with E-state index < -0.39 is 8.32 Å². The number of ether oxygens (including phenoxy) is 2. The number of hydrogen-bond donors (Lipinski definition) is 0. The molecule has 1 fully saturated rings. The second-order valence-electron chi connectivity index (χ2n) is 10.1. The highest BCUT2D eigenvalue weighted by molar-refractivity contribution is 6.74. The molecule has 5 heteroatoms. The Morgan fingerprint density at radius 1 is 1.27 bits per heavy atom. The molecule has 0 aromatic heterocycles. The minimum Gasteiger partial charge on any atom is -0.463 e. The first kappa shape index (κ1) is 26.9. The van der Waals surface area contributed by atoms with Crippen LogP contribution in [-0.2, 0) is 18.7 Å². The third-order valence-electron chi connectivity index (χ3n) is 6.04. The maximum Gasteiger partial charge on any atom is 0.333 e. The van der Waals surface area contributed by atoms with Gasteiger partial charge in [0, 0.05) is 5.57 Å². The van der Waals surface area contributed by atoms with Crippen molar-refractivity contribution in [2.45, 2.75) is 97.6 Å². The average Bonchev–Trinajstić information content (AvgIpc) is 3.36. The minimum absolute atomic E-state index is 0.225. The van der Waals surface area contributed by atoms with Crippen LogP contribution in [0.5, 0.6) is 0 Å². The zero-order valence-electron chi connectivity index (χ0n) is 20.5. The fraction of sp³-hybridized carbons (Fsp3) is 0.720. The third kappa shape index (κ3) is 9.76. The number of allylic oxidation sites excluding steroid dienone is 2. The van der Waals surface area contributed by atoms with Crippen molar-refractivity contribution in [1.82, 2.24) is 0 Å². The van der Waals surface area contributed by atoms with E-state index in [0.29, 0.717) is 30.8 Å². The molecule has 0 bridgehead atoms. The van der Waals surface area contributed by atoms with Gasteiger partial charge < -0.3 is 13.9 Å². The molecule has 0 amide bonds. The van der Waals surface area contributed by atoms with Crippen LogP contribution in [0.15, 0.2) is 36.0 Å². The molecule has 1 aliphatic heterocycles. The summed E-state index contributed by atoms with van der Waals surface area (Å²) in [6.07, 6.45) is 10.6. The Balaban J connectivity index is 2.24. The Hall–Kier alpha value is -1.17. The van der Waals surface area contributed by atoms with Gasteiger partial charge in [0.2, 0.25) is 0 Å². The second-order valence-corrected chi connectivity index (χ2v) is 14.9. The maximum absolute atomic E-state index is 11.5. The van der Waals surface area contributed by atoms with Gasteiger partial charge in [-0.2, -0.15) is 0 Å². The average molecular weight is 437 g/mol. The third-order valence-corrected chi connectivity index (χ3v) is 10.5. The Bertz CT molecular complexity index is 628. The van der Waals surface area contributed by atoms with E-state index in [9.17, 15) is 4.79 Å². The van der Waals surface area contributed by atoms with Crippen molar-refractivity contribution in [3.8, 4) is 0 Å². The Morgan fingerprint density at radius 2 is 1.93 bits per heavy atom. The van der Waals surface area contributed by atoms with Gasteiger partial charge in [-0.15, -0.1) is 0 Å². The topological polar surface area (TPSA) is 48.1 Å². The van der Waals surface area contributed by atoms with E-state index in [1.165, 1.54) is 5.57 Å². The molecule has 0 radical (unpaired) electrons. The lowest BCUT2D eigenvalue weighted by molar-refractivity contribution is -0.138. The van der Waals surface area contributed by atoms with E-state index in [1.807, 2.05) is 13.0 Å². The van der Waals surface area contributed by atoms with Gasteiger partial charge in [0.15, 0.2) is 8.32 Å². The molecule has 30 heavy (non-hydrogen) atoms. The quantitative estimate of drug-likeness (QED) is 0.0815. The summed E-state index contributed by atoms with van der Waals surface area (Å²) >= 11 is 0. The highest BCUT2D eigenvalue weighted by atomic mass is 28.4. The Labute approximate surface area is 185 Å². The van der Waals surface area contributed by atoms with Gasteiger partial charge in [0.05, 0.1) is 19.3 Å². The molecule has 0 aromatic carbocycles. The lowest BCUT2D eigenvalue weighted by Crippen LogP contribution is -2.41. The van der Waals surface area contributed by atoms with Crippen LogP contribution in [0.1, 0.15) is 67.2 Å². The van der Waals surface area contributed by atoms with Crippen molar-refractivity contribution in [1.29, 1.82) is 0 Å². The fourth-order valence-electron chi connectivity index (χ4n) is 3.00. The van der Waals surface area contributed by atoms with Crippen LogP contribution in [-0.4, -0.2) is 39.7 Å². The standard InChI is InChI=1S/C25H44O4Si/c1-10-27-24(26)21(4)14-12-11-13-15-22-23(29-22)17-19(2)16-20(3)18-28-30(8,9)25(5,6)7/h13-15,19,22-23H,3,10-12,16-18H2,1-2,4-9H3/b15-13+,21-14+/t19-,22-,23-/m1/s1. The number of unbranched alkanes of at least 4 members (excludes halogenated alkanes) is 1. The highest BCUT2D eigenvalue weighted by Gasteiger charge is 2.38. The minimum atomic E-state index is -1.71. The Morgan fingerprint density at radius 3 is 2.53 bits per heavy atom. The monoisotopic (exact) mass is 436 g/mol. The number of carbonyl (C=O) groups is 1. The summed E-state index contributed by atoms with van der Waals surface area (Å²) in [7, 11) is -1.71. The lowest BCUT2D eigenvalue weighted by atomic mass is 9.96. The molecule has 0 saturated carbocycles. The molecule has 0 aromatic rings. The maximum atomic E-state index is 11.5. The summed E-state index contributed by atoms with van der Waals surface area (Å²) in [6, 6.07) is 0. The van der Waals surface area contributed by atoms with Crippen molar-refractivity contribution in [2.24, 2.45) is 5.92 Å². The summed E-state index contributed by atoms with van der Waals surface area (Å²) in [5, 5.41) is 0.230. The molecule has 0 aliphatic carbocycles. The highest BCUT2D eigenvalue weighted by Crippen LogP contribution is 2.37. The van der Waals surface area contributed by atoms with E-state index >= 15 is 0 Å². The van der Waals surface area contributed by atoms with E-state index in [-0.39, 0.29) is 17.1 Å². The van der Waals surface area contributed by atoms with Gasteiger partial charge in [0.1, 0.15) is 6.10 Å². The normalized spacial score (nSPS) is 21.0. The van der Waals surface area contributed by atoms with Gasteiger partial charge in [0.25, 0.3) is 0 Å². The van der Waals surface area contributed by atoms with Gasteiger partial charge in [-0.1, -0.05) is 58.1 Å². The zero-order chi connectivity index (χ0) is 22.9. The fourth-order valence-corrected chi connectivity index (χ4v) is 4.00. The summed E-state index contributed by atoms with van der Waals surface area (Å²) in [5.41, 5.74) is 1.86. The first-order valence-corrected chi connectivity index (χ1v) is 14.2. The molecule has 1 heterocycles. The number of rotatable bonds is 13. The van der Waals surface area contributed by atoms with Crippen molar-refractivity contribution in [3.05, 3.63) is 36.0 Å². The molecular weight excluding hydrogens is 392 g/mol. The smallest absolute Gasteiger partial charge is 0.333 e. The summed E-state index contributed by atoms with van der Waals surface area (Å²) < 4.78 is 17.1. The van der Waals surface area contributed by atoms with Crippen LogP contribution in [0, 0.1) is 5.92 Å². The number of hydrogen-bond acceptors (Lipinski definition) is 4. The van der Waals surface area contributed by atoms with Crippen LogP contribution in [0.25, 0.3) is 0 Å². The molecule has 4 nitrogen and oxygen atoms in total. The van der Waals surface area contributed by atoms with Crippen LogP contribution in [0.3, 0.4) is 0 Å². The van der Waals surface area contributed by atoms with E-state index in [4.69, 9.17) is 13.9 Å². The molecule has 1 aliphatic rings.